The van der Waals surface area contributed by atoms with Crippen molar-refractivity contribution in [3.63, 3.8) is 0 Å². The summed E-state index contributed by atoms with van der Waals surface area (Å²) >= 11 is 4.39. The first-order chi connectivity index (χ1) is 11.3. The first-order valence-corrected chi connectivity index (χ1v) is 8.99. The third-order valence-corrected chi connectivity index (χ3v) is 5.31. The summed E-state index contributed by atoms with van der Waals surface area (Å²) in [6, 6.07) is 5.69. The Morgan fingerprint density at radius 1 is 1.42 bits per heavy atom. The van der Waals surface area contributed by atoms with Gasteiger partial charge in [-0.25, -0.2) is 10.7 Å². The second-order valence-corrected chi connectivity index (χ2v) is 7.65. The van der Waals surface area contributed by atoms with Crippen LogP contribution in [0.15, 0.2) is 24.3 Å². The molecule has 0 radical (unpaired) electrons. The number of nitrogens with zero attached hydrogens (tertiary/aromatic N) is 1. The number of benzene rings is 1. The van der Waals surface area contributed by atoms with Crippen molar-refractivity contribution in [1.29, 1.82) is 0 Å². The zero-order valence-corrected chi connectivity index (χ0v) is 15.0. The topological polar surface area (TPSA) is 127 Å². The fraction of sp³-hybridized carbons (Fsp3) is 0.467. The second-order valence-electron chi connectivity index (χ2n) is 5.71. The number of nitrogens with two attached hydrogens (primary N) is 1. The summed E-state index contributed by atoms with van der Waals surface area (Å²) in [6.07, 6.45) is 0.322. The fourth-order valence-electron chi connectivity index (χ4n) is 2.59. The van der Waals surface area contributed by atoms with E-state index < -0.39 is 28.6 Å². The number of hydrogen-bond acceptors (Lipinski definition) is 5. The van der Waals surface area contributed by atoms with Gasteiger partial charge in [-0.2, -0.15) is 0 Å². The number of amides is 1. The fourth-order valence-corrected chi connectivity index (χ4v) is 4.24. The van der Waals surface area contributed by atoms with Gasteiger partial charge < -0.3 is 14.9 Å². The average Bonchev–Trinajstić information content (AvgIpc) is 2.81. The Morgan fingerprint density at radius 3 is 2.42 bits per heavy atom. The first kappa shape index (κ1) is 20.7. The van der Waals surface area contributed by atoms with Crippen molar-refractivity contribution in [3.05, 3.63) is 34.9 Å². The molecular weight excluding hydrogens is 356 g/mol. The molecule has 0 saturated carbocycles. The quantitative estimate of drug-likeness (QED) is 0.530. The van der Waals surface area contributed by atoms with Crippen molar-refractivity contribution in [2.24, 2.45) is 11.8 Å². The van der Waals surface area contributed by atoms with Gasteiger partial charge in [0.2, 0.25) is 5.37 Å². The van der Waals surface area contributed by atoms with Crippen molar-refractivity contribution < 1.29 is 24.5 Å². The van der Waals surface area contributed by atoms with E-state index in [9.17, 15) is 19.2 Å². The molecule has 3 atom stereocenters. The minimum Gasteiger partial charge on any atom is -0.614 e. The minimum absolute atomic E-state index is 0.105. The molecular formula is C15H21ClN2O5S. The second kappa shape index (κ2) is 9.24. The highest BCUT2D eigenvalue weighted by Gasteiger charge is 2.49. The molecule has 1 fully saturated rings. The largest absolute Gasteiger partial charge is 0.614 e. The molecule has 9 heteroatoms. The predicted octanol–water partition coefficient (Wildman–Crippen LogP) is 1.76. The lowest BCUT2D eigenvalue weighted by atomic mass is 10.0. The molecule has 1 aromatic rings. The summed E-state index contributed by atoms with van der Waals surface area (Å²) < 4.78 is 12.3. The first-order valence-electron chi connectivity index (χ1n) is 7.23. The van der Waals surface area contributed by atoms with Gasteiger partial charge in [0.1, 0.15) is 6.04 Å². The highest BCUT2D eigenvalue weighted by Crippen LogP contribution is 2.37. The third-order valence-electron chi connectivity index (χ3n) is 3.53. The zero-order valence-electron chi connectivity index (χ0n) is 13.4. The normalized spacial score (nSPS) is 21.5. The number of aliphatic carboxylic acids is 1. The van der Waals surface area contributed by atoms with Gasteiger partial charge in [-0.3, -0.25) is 9.69 Å². The van der Waals surface area contributed by atoms with Crippen molar-refractivity contribution in [2.45, 2.75) is 31.7 Å². The maximum Gasteiger partial charge on any atom is 0.326 e. The van der Waals surface area contributed by atoms with Crippen LogP contribution in [-0.4, -0.2) is 43.4 Å². The van der Waals surface area contributed by atoms with Gasteiger partial charge in [-0.1, -0.05) is 37.6 Å². The summed E-state index contributed by atoms with van der Waals surface area (Å²) in [7, 11) is 0. The van der Waals surface area contributed by atoms with Gasteiger partial charge >= 0.3 is 5.97 Å². The van der Waals surface area contributed by atoms with Gasteiger partial charge in [-0.15, -0.1) is 0 Å². The molecule has 1 aromatic carbocycles. The Labute approximate surface area is 148 Å². The lowest BCUT2D eigenvalue weighted by Gasteiger charge is -2.29. The molecule has 7 nitrogen and oxygen atoms in total. The van der Waals surface area contributed by atoms with Gasteiger partial charge in [0.15, 0.2) is 5.75 Å². The Kier molecular flexibility index (Phi) is 7.98. The lowest BCUT2D eigenvalue weighted by Crippen LogP contribution is -2.44. The molecule has 0 spiro atoms. The minimum atomic E-state index is -1.46. The monoisotopic (exact) mass is 376 g/mol. The third kappa shape index (κ3) is 4.84. The molecule has 1 amide bonds. The summed E-state index contributed by atoms with van der Waals surface area (Å²) in [5.74, 6) is 2.01. The Hall–Kier alpha value is -1.32. The Morgan fingerprint density at radius 2 is 1.96 bits per heavy atom. The number of halogens is 1. The maximum atomic E-state index is 12.3. The van der Waals surface area contributed by atoms with Crippen LogP contribution in [0.3, 0.4) is 0 Å². The van der Waals surface area contributed by atoms with E-state index in [1.165, 1.54) is 4.90 Å². The molecule has 134 valence electrons. The van der Waals surface area contributed by atoms with E-state index >= 15 is 0 Å². The van der Waals surface area contributed by atoms with Crippen LogP contribution < -0.4 is 5.90 Å². The molecule has 4 N–H and O–H groups in total. The van der Waals surface area contributed by atoms with Gasteiger partial charge in [0.05, 0.1) is 0 Å². The Bertz CT molecular complexity index is 569. The molecule has 2 rings (SSSR count). The number of carbonyl (C=O) groups is 2. The SMILES string of the molecule is CC(C)C[C@@H](C(=O)O)N1C(=O)C[S+]([O-])[C@H]1c1ccc(Cl)cc1.NO. The van der Waals surface area contributed by atoms with Crippen LogP contribution in [0.2, 0.25) is 5.02 Å². The van der Waals surface area contributed by atoms with Crippen molar-refractivity contribution in [3.8, 4) is 0 Å². The van der Waals surface area contributed by atoms with Crippen molar-refractivity contribution in [1.82, 2.24) is 4.90 Å². The molecule has 1 saturated heterocycles. The standard InChI is InChI=1S/C15H18ClNO4S.H3NO/c1-9(2)7-12(15(19)20)17-13(18)8-22(21)14(17)10-3-5-11(16)6-4-10;1-2/h3-6,9,12,14H,7-8H2,1-2H3,(H,19,20);2H,1H2/t12-,14-,22?;/m0./s1. The molecule has 0 aromatic heterocycles. The van der Waals surface area contributed by atoms with Crippen molar-refractivity contribution >= 4 is 34.7 Å². The molecule has 1 aliphatic heterocycles. The van der Waals surface area contributed by atoms with Gasteiger partial charge in [0, 0.05) is 10.6 Å². The van der Waals surface area contributed by atoms with Gasteiger partial charge in [0.25, 0.3) is 5.91 Å². The van der Waals surface area contributed by atoms with E-state index in [1.54, 1.807) is 24.3 Å². The molecule has 0 aliphatic carbocycles. The number of carboxylic acid groups (broad SMARTS) is 1. The van der Waals surface area contributed by atoms with E-state index in [0.29, 0.717) is 17.0 Å². The molecule has 24 heavy (non-hydrogen) atoms. The van der Waals surface area contributed by atoms with Crippen LogP contribution in [0.4, 0.5) is 0 Å². The summed E-state index contributed by atoms with van der Waals surface area (Å²) in [6.45, 7) is 3.79. The van der Waals surface area contributed by atoms with Crippen LogP contribution in [0.5, 0.6) is 0 Å². The summed E-state index contributed by atoms with van der Waals surface area (Å²) in [5, 5.41) is 15.8. The lowest BCUT2D eigenvalue weighted by molar-refractivity contribution is -0.150. The number of carbonyl (C=O) groups excluding carboxylic acids is 1. The van der Waals surface area contributed by atoms with Crippen LogP contribution in [0.25, 0.3) is 0 Å². The summed E-state index contributed by atoms with van der Waals surface area (Å²) in [5.41, 5.74) is 0.642. The van der Waals surface area contributed by atoms with Crippen LogP contribution in [0.1, 0.15) is 31.2 Å². The van der Waals surface area contributed by atoms with E-state index in [-0.39, 0.29) is 17.6 Å². The van der Waals surface area contributed by atoms with Gasteiger partial charge in [-0.05, 0) is 35.6 Å². The number of rotatable bonds is 5. The summed E-state index contributed by atoms with van der Waals surface area (Å²) in [4.78, 5) is 25.1. The highest BCUT2D eigenvalue weighted by atomic mass is 35.5. The molecule has 1 heterocycles. The molecule has 0 bridgehead atoms. The van der Waals surface area contributed by atoms with Crippen LogP contribution in [0, 0.1) is 5.92 Å². The van der Waals surface area contributed by atoms with Crippen molar-refractivity contribution in [2.75, 3.05) is 5.75 Å². The van der Waals surface area contributed by atoms with E-state index in [1.807, 2.05) is 13.8 Å². The number of carboxylic acids is 1. The molecule has 1 unspecified atom stereocenters. The predicted molar refractivity (Wildman–Crippen MR) is 90.9 cm³/mol. The average molecular weight is 377 g/mol. The maximum absolute atomic E-state index is 12.3. The smallest absolute Gasteiger partial charge is 0.326 e. The van der Waals surface area contributed by atoms with E-state index in [4.69, 9.17) is 16.8 Å². The Balaban J connectivity index is 0.00000139. The molecule has 1 aliphatic rings. The zero-order chi connectivity index (χ0) is 18.4. The van der Waals surface area contributed by atoms with Crippen LogP contribution >= 0.6 is 11.6 Å². The van der Waals surface area contributed by atoms with Crippen LogP contribution in [-0.2, 0) is 20.8 Å². The highest BCUT2D eigenvalue weighted by molar-refractivity contribution is 7.92. The number of hydrogen-bond donors (Lipinski definition) is 3. The van der Waals surface area contributed by atoms with E-state index in [0.717, 1.165) is 0 Å². The van der Waals surface area contributed by atoms with E-state index in [2.05, 4.69) is 5.90 Å².